The number of methoxy groups -OCH3 is 1. The zero-order valence-electron chi connectivity index (χ0n) is 12.2. The van der Waals surface area contributed by atoms with Gasteiger partial charge in [0.1, 0.15) is 5.75 Å². The van der Waals surface area contributed by atoms with Crippen molar-refractivity contribution in [2.45, 2.75) is 38.3 Å². The highest BCUT2D eigenvalue weighted by atomic mass is 79.9. The van der Waals surface area contributed by atoms with Crippen LogP contribution in [0.15, 0.2) is 34.9 Å². The fourth-order valence-corrected chi connectivity index (χ4v) is 3.21. The Hall–Kier alpha value is -1.49. The first-order valence-electron chi connectivity index (χ1n) is 7.38. The van der Waals surface area contributed by atoms with E-state index in [9.17, 15) is 0 Å². The number of benzene rings is 1. The van der Waals surface area contributed by atoms with Crippen molar-refractivity contribution in [2.75, 3.05) is 12.4 Å². The van der Waals surface area contributed by atoms with Crippen LogP contribution in [0.4, 0.5) is 5.69 Å². The molecule has 3 rings (SSSR count). The van der Waals surface area contributed by atoms with Gasteiger partial charge in [0.15, 0.2) is 0 Å². The molecule has 0 bridgehead atoms. The Bertz CT molecular complexity index is 605. The number of anilines is 1. The van der Waals surface area contributed by atoms with E-state index in [0.29, 0.717) is 12.6 Å². The van der Waals surface area contributed by atoms with Crippen molar-refractivity contribution >= 4 is 21.6 Å². The summed E-state index contributed by atoms with van der Waals surface area (Å²) in [5.74, 6) is 0.841. The normalized spacial score (nSPS) is 15.3. The van der Waals surface area contributed by atoms with Crippen molar-refractivity contribution in [3.8, 4) is 5.75 Å². The largest absolute Gasteiger partial charge is 0.495 e. The number of ether oxygens (including phenoxy) is 1. The minimum absolute atomic E-state index is 0.596. The molecule has 0 radical (unpaired) electrons. The van der Waals surface area contributed by atoms with Gasteiger partial charge < -0.3 is 10.1 Å². The Balaban J connectivity index is 1.66. The van der Waals surface area contributed by atoms with Gasteiger partial charge in [-0.3, -0.25) is 4.68 Å². The molecule has 5 heteroatoms. The number of rotatable bonds is 5. The van der Waals surface area contributed by atoms with Crippen LogP contribution in [-0.2, 0) is 6.54 Å². The van der Waals surface area contributed by atoms with Gasteiger partial charge >= 0.3 is 0 Å². The monoisotopic (exact) mass is 349 g/mol. The third-order valence-electron chi connectivity index (χ3n) is 3.98. The van der Waals surface area contributed by atoms with Crippen molar-refractivity contribution in [1.82, 2.24) is 9.78 Å². The van der Waals surface area contributed by atoms with E-state index in [4.69, 9.17) is 4.74 Å². The fourth-order valence-electron chi connectivity index (χ4n) is 2.85. The van der Waals surface area contributed by atoms with Crippen LogP contribution in [0, 0.1) is 0 Å². The summed E-state index contributed by atoms with van der Waals surface area (Å²) in [6.07, 6.45) is 7.27. The molecule has 1 aliphatic rings. The molecule has 1 fully saturated rings. The fraction of sp³-hybridized carbons (Fsp3) is 0.438. The lowest BCUT2D eigenvalue weighted by Gasteiger charge is -2.11. The van der Waals surface area contributed by atoms with Crippen LogP contribution < -0.4 is 10.1 Å². The summed E-state index contributed by atoms with van der Waals surface area (Å²) in [6, 6.07) is 8.63. The maximum atomic E-state index is 5.37. The molecule has 0 spiro atoms. The number of hydrogen-bond donors (Lipinski definition) is 1. The van der Waals surface area contributed by atoms with Gasteiger partial charge in [-0.25, -0.2) is 0 Å². The van der Waals surface area contributed by atoms with E-state index < -0.39 is 0 Å². The predicted molar refractivity (Wildman–Crippen MR) is 87.8 cm³/mol. The lowest BCUT2D eigenvalue weighted by atomic mass is 10.3. The summed E-state index contributed by atoms with van der Waals surface area (Å²) < 4.78 is 8.52. The van der Waals surface area contributed by atoms with Gasteiger partial charge in [0, 0.05) is 10.7 Å². The maximum absolute atomic E-state index is 5.37. The molecule has 0 saturated heterocycles. The van der Waals surface area contributed by atoms with Crippen LogP contribution >= 0.6 is 15.9 Å². The van der Waals surface area contributed by atoms with Crippen LogP contribution in [0.25, 0.3) is 0 Å². The Labute approximate surface area is 133 Å². The molecular formula is C16H20BrN3O. The molecule has 21 heavy (non-hydrogen) atoms. The van der Waals surface area contributed by atoms with E-state index >= 15 is 0 Å². The van der Waals surface area contributed by atoms with Gasteiger partial charge in [0.25, 0.3) is 0 Å². The molecule has 4 nitrogen and oxygen atoms in total. The van der Waals surface area contributed by atoms with Gasteiger partial charge in [-0.15, -0.1) is 0 Å². The highest BCUT2D eigenvalue weighted by Gasteiger charge is 2.17. The second-order valence-electron chi connectivity index (χ2n) is 5.42. The highest BCUT2D eigenvalue weighted by Crippen LogP contribution is 2.30. The molecule has 2 aromatic rings. The van der Waals surface area contributed by atoms with Crippen molar-refractivity contribution in [1.29, 1.82) is 0 Å². The summed E-state index contributed by atoms with van der Waals surface area (Å²) in [6.45, 7) is 0.701. The van der Waals surface area contributed by atoms with Crippen LogP contribution in [0.1, 0.15) is 37.4 Å². The van der Waals surface area contributed by atoms with E-state index in [2.05, 4.69) is 43.3 Å². The predicted octanol–water partition coefficient (Wildman–Crippen LogP) is 4.38. The quantitative estimate of drug-likeness (QED) is 0.870. The van der Waals surface area contributed by atoms with Gasteiger partial charge in [-0.1, -0.05) is 28.8 Å². The smallest absolute Gasteiger partial charge is 0.142 e. The van der Waals surface area contributed by atoms with Crippen molar-refractivity contribution in [3.05, 3.63) is 40.6 Å². The van der Waals surface area contributed by atoms with Crippen molar-refractivity contribution < 1.29 is 4.74 Å². The molecule has 1 aromatic carbocycles. The first-order valence-corrected chi connectivity index (χ1v) is 8.17. The molecule has 0 aliphatic heterocycles. The SMILES string of the molecule is COc1ccc(Br)cc1NCc1ccn(C2CCCC2)n1. The zero-order chi connectivity index (χ0) is 14.7. The maximum Gasteiger partial charge on any atom is 0.142 e. The number of hydrogen-bond acceptors (Lipinski definition) is 3. The van der Waals surface area contributed by atoms with Crippen LogP contribution in [0.2, 0.25) is 0 Å². The Morgan fingerprint density at radius 1 is 1.33 bits per heavy atom. The standard InChI is InChI=1S/C16H20BrN3O/c1-21-16-7-6-12(17)10-15(16)18-11-13-8-9-20(19-13)14-4-2-3-5-14/h6-10,14,18H,2-5,11H2,1H3. The Kier molecular flexibility index (Phi) is 4.48. The molecule has 0 unspecified atom stereocenters. The van der Waals surface area contributed by atoms with Gasteiger partial charge in [0.2, 0.25) is 0 Å². The number of nitrogens with one attached hydrogen (secondary N) is 1. The highest BCUT2D eigenvalue weighted by molar-refractivity contribution is 9.10. The second-order valence-corrected chi connectivity index (χ2v) is 6.34. The third kappa shape index (κ3) is 3.40. The van der Waals surface area contributed by atoms with E-state index in [1.807, 2.05) is 18.2 Å². The average molecular weight is 350 g/mol. The van der Waals surface area contributed by atoms with E-state index in [0.717, 1.165) is 21.6 Å². The molecule has 1 N–H and O–H groups in total. The first kappa shape index (κ1) is 14.4. The minimum atomic E-state index is 0.596. The van der Waals surface area contributed by atoms with Crippen molar-refractivity contribution in [3.63, 3.8) is 0 Å². The van der Waals surface area contributed by atoms with E-state index in [1.54, 1.807) is 7.11 Å². The summed E-state index contributed by atoms with van der Waals surface area (Å²) in [4.78, 5) is 0. The van der Waals surface area contributed by atoms with Gasteiger partial charge in [0.05, 0.1) is 31.1 Å². The number of nitrogens with zero attached hydrogens (tertiary/aromatic N) is 2. The summed E-state index contributed by atoms with van der Waals surface area (Å²) >= 11 is 3.49. The second kappa shape index (κ2) is 6.52. The average Bonchev–Trinajstić information content (AvgIpc) is 3.16. The lowest BCUT2D eigenvalue weighted by molar-refractivity contribution is 0.416. The van der Waals surface area contributed by atoms with E-state index in [1.165, 1.54) is 25.7 Å². The first-order chi connectivity index (χ1) is 10.3. The molecule has 1 saturated carbocycles. The molecule has 1 heterocycles. The van der Waals surface area contributed by atoms with Gasteiger partial charge in [-0.05, 0) is 37.1 Å². The Morgan fingerprint density at radius 2 is 2.14 bits per heavy atom. The molecule has 1 aromatic heterocycles. The topological polar surface area (TPSA) is 39.1 Å². The Morgan fingerprint density at radius 3 is 2.90 bits per heavy atom. The van der Waals surface area contributed by atoms with Crippen LogP contribution in [-0.4, -0.2) is 16.9 Å². The number of halogens is 1. The molecular weight excluding hydrogens is 330 g/mol. The minimum Gasteiger partial charge on any atom is -0.495 e. The molecule has 0 amide bonds. The zero-order valence-corrected chi connectivity index (χ0v) is 13.8. The summed E-state index contributed by atoms with van der Waals surface area (Å²) in [7, 11) is 1.68. The lowest BCUT2D eigenvalue weighted by Crippen LogP contribution is -2.07. The molecule has 112 valence electrons. The van der Waals surface area contributed by atoms with Gasteiger partial charge in [-0.2, -0.15) is 5.10 Å². The summed E-state index contributed by atoms with van der Waals surface area (Å²) in [5, 5.41) is 8.08. The third-order valence-corrected chi connectivity index (χ3v) is 4.48. The molecule has 0 atom stereocenters. The van der Waals surface area contributed by atoms with Crippen LogP contribution in [0.3, 0.4) is 0 Å². The molecule has 1 aliphatic carbocycles. The number of aromatic nitrogens is 2. The summed E-state index contributed by atoms with van der Waals surface area (Å²) in [5.41, 5.74) is 2.03. The van der Waals surface area contributed by atoms with Crippen LogP contribution in [0.5, 0.6) is 5.75 Å². The van der Waals surface area contributed by atoms with E-state index in [-0.39, 0.29) is 0 Å². The van der Waals surface area contributed by atoms with Crippen molar-refractivity contribution in [2.24, 2.45) is 0 Å².